The van der Waals surface area contributed by atoms with Crippen molar-refractivity contribution in [3.05, 3.63) is 76.2 Å². The van der Waals surface area contributed by atoms with Crippen LogP contribution >= 0.6 is 11.3 Å². The van der Waals surface area contributed by atoms with Crippen LogP contribution in [-0.4, -0.2) is 24.2 Å². The summed E-state index contributed by atoms with van der Waals surface area (Å²) in [5, 5.41) is 5.98. The maximum atomic E-state index is 11.9. The molecule has 0 bridgehead atoms. The van der Waals surface area contributed by atoms with Gasteiger partial charge in [0.2, 0.25) is 0 Å². The highest BCUT2D eigenvalue weighted by Gasteiger charge is 2.06. The zero-order chi connectivity index (χ0) is 18.2. The monoisotopic (exact) mass is 367 g/mol. The molecule has 0 aliphatic rings. The van der Waals surface area contributed by atoms with Crippen molar-refractivity contribution < 1.29 is 14.3 Å². The fourth-order valence-corrected chi connectivity index (χ4v) is 2.78. The van der Waals surface area contributed by atoms with Crippen molar-refractivity contribution in [2.45, 2.75) is 6.61 Å². The normalized spacial score (nSPS) is 10.7. The van der Waals surface area contributed by atoms with E-state index in [1.54, 1.807) is 55.3 Å². The molecule has 26 heavy (non-hydrogen) atoms. The van der Waals surface area contributed by atoms with Crippen LogP contribution < -0.4 is 14.9 Å². The molecule has 1 amide bonds. The summed E-state index contributed by atoms with van der Waals surface area (Å²) in [7, 11) is 1.58. The SMILES string of the molecule is COc1cc(/C=N\NC(=O)c2ccncc2)ccc1OCc1cccs1. The number of hydrogen-bond donors (Lipinski definition) is 1. The second-order valence-electron chi connectivity index (χ2n) is 5.21. The molecule has 0 saturated heterocycles. The van der Waals surface area contributed by atoms with Gasteiger partial charge >= 0.3 is 0 Å². The zero-order valence-corrected chi connectivity index (χ0v) is 14.9. The molecule has 3 rings (SSSR count). The molecule has 1 aromatic carbocycles. The third-order valence-electron chi connectivity index (χ3n) is 3.46. The minimum atomic E-state index is -0.300. The van der Waals surface area contributed by atoms with E-state index in [9.17, 15) is 4.79 Å². The van der Waals surface area contributed by atoms with Crippen LogP contribution in [0.4, 0.5) is 0 Å². The van der Waals surface area contributed by atoms with E-state index in [-0.39, 0.29) is 5.91 Å². The Hall–Kier alpha value is -3.19. The minimum Gasteiger partial charge on any atom is -0.493 e. The zero-order valence-electron chi connectivity index (χ0n) is 14.1. The van der Waals surface area contributed by atoms with Crippen LogP contribution in [0.2, 0.25) is 0 Å². The minimum absolute atomic E-state index is 0.300. The summed E-state index contributed by atoms with van der Waals surface area (Å²) in [6.07, 6.45) is 4.65. The predicted octanol–water partition coefficient (Wildman–Crippen LogP) is 3.49. The number of thiophene rings is 1. The number of methoxy groups -OCH3 is 1. The van der Waals surface area contributed by atoms with Gasteiger partial charge in [-0.1, -0.05) is 6.07 Å². The van der Waals surface area contributed by atoms with Gasteiger partial charge in [-0.3, -0.25) is 9.78 Å². The molecule has 2 aromatic heterocycles. The quantitative estimate of drug-likeness (QED) is 0.512. The molecule has 0 spiro atoms. The second kappa shape index (κ2) is 8.77. The average Bonchev–Trinajstić information content (AvgIpc) is 3.21. The van der Waals surface area contributed by atoms with Crippen molar-refractivity contribution >= 4 is 23.5 Å². The number of amides is 1. The maximum Gasteiger partial charge on any atom is 0.271 e. The van der Waals surface area contributed by atoms with Crippen LogP contribution in [0.15, 0.2) is 65.3 Å². The number of pyridine rings is 1. The number of benzene rings is 1. The van der Waals surface area contributed by atoms with Gasteiger partial charge in [-0.2, -0.15) is 5.10 Å². The van der Waals surface area contributed by atoms with Crippen LogP contribution in [0.25, 0.3) is 0 Å². The molecule has 7 heteroatoms. The molecule has 0 atom stereocenters. The second-order valence-corrected chi connectivity index (χ2v) is 6.25. The number of carbonyl (C=O) groups excluding carboxylic acids is 1. The molecule has 132 valence electrons. The third kappa shape index (κ3) is 4.67. The molecular weight excluding hydrogens is 350 g/mol. The van der Waals surface area contributed by atoms with Crippen molar-refractivity contribution in [1.29, 1.82) is 0 Å². The number of hydrogen-bond acceptors (Lipinski definition) is 6. The molecule has 3 aromatic rings. The lowest BCUT2D eigenvalue weighted by Gasteiger charge is -2.10. The average molecular weight is 367 g/mol. The lowest BCUT2D eigenvalue weighted by Crippen LogP contribution is -2.17. The fourth-order valence-electron chi connectivity index (χ4n) is 2.16. The molecule has 0 fully saturated rings. The van der Waals surface area contributed by atoms with Gasteiger partial charge < -0.3 is 9.47 Å². The van der Waals surface area contributed by atoms with Crippen molar-refractivity contribution in [3.63, 3.8) is 0 Å². The van der Waals surface area contributed by atoms with E-state index in [0.717, 1.165) is 10.4 Å². The number of nitrogens with one attached hydrogen (secondary N) is 1. The molecule has 0 aliphatic carbocycles. The molecular formula is C19H17N3O3S. The molecule has 0 radical (unpaired) electrons. The molecule has 6 nitrogen and oxygen atoms in total. The van der Waals surface area contributed by atoms with E-state index >= 15 is 0 Å². The van der Waals surface area contributed by atoms with Gasteiger partial charge in [0.15, 0.2) is 11.5 Å². The van der Waals surface area contributed by atoms with Crippen LogP contribution in [0.1, 0.15) is 20.8 Å². The number of ether oxygens (including phenoxy) is 2. The van der Waals surface area contributed by atoms with Gasteiger partial charge in [0.05, 0.1) is 13.3 Å². The number of aromatic nitrogens is 1. The van der Waals surface area contributed by atoms with Crippen LogP contribution in [-0.2, 0) is 6.61 Å². The van der Waals surface area contributed by atoms with E-state index in [1.165, 1.54) is 0 Å². The Morgan fingerprint density at radius 3 is 2.81 bits per heavy atom. The largest absolute Gasteiger partial charge is 0.493 e. The molecule has 2 heterocycles. The lowest BCUT2D eigenvalue weighted by molar-refractivity contribution is 0.0955. The summed E-state index contributed by atoms with van der Waals surface area (Å²) in [6, 6.07) is 12.7. The number of hydrazone groups is 1. The Balaban J connectivity index is 1.62. The van der Waals surface area contributed by atoms with E-state index in [2.05, 4.69) is 15.5 Å². The summed E-state index contributed by atoms with van der Waals surface area (Å²) in [5.74, 6) is 0.955. The third-order valence-corrected chi connectivity index (χ3v) is 4.31. The van der Waals surface area contributed by atoms with Gasteiger partial charge in [0, 0.05) is 22.8 Å². The van der Waals surface area contributed by atoms with Gasteiger partial charge in [-0.25, -0.2) is 5.43 Å². The Morgan fingerprint density at radius 2 is 2.08 bits per heavy atom. The Morgan fingerprint density at radius 1 is 1.23 bits per heavy atom. The maximum absolute atomic E-state index is 11.9. The van der Waals surface area contributed by atoms with Crippen molar-refractivity contribution in [1.82, 2.24) is 10.4 Å². The van der Waals surface area contributed by atoms with Crippen molar-refractivity contribution in [2.75, 3.05) is 7.11 Å². The summed E-state index contributed by atoms with van der Waals surface area (Å²) in [4.78, 5) is 16.9. The molecule has 0 unspecified atom stereocenters. The predicted molar refractivity (Wildman–Crippen MR) is 101 cm³/mol. The van der Waals surface area contributed by atoms with E-state index in [4.69, 9.17) is 9.47 Å². The van der Waals surface area contributed by atoms with Crippen LogP contribution in [0.5, 0.6) is 11.5 Å². The van der Waals surface area contributed by atoms with Gasteiger partial charge in [-0.15, -0.1) is 11.3 Å². The Bertz CT molecular complexity index is 880. The van der Waals surface area contributed by atoms with Crippen molar-refractivity contribution in [3.8, 4) is 11.5 Å². The number of carbonyl (C=O) groups is 1. The fraction of sp³-hybridized carbons (Fsp3) is 0.105. The highest BCUT2D eigenvalue weighted by Crippen LogP contribution is 2.28. The number of nitrogens with zero attached hydrogens (tertiary/aromatic N) is 2. The van der Waals surface area contributed by atoms with E-state index in [1.807, 2.05) is 29.6 Å². The number of rotatable bonds is 7. The van der Waals surface area contributed by atoms with E-state index < -0.39 is 0 Å². The van der Waals surface area contributed by atoms with Gasteiger partial charge in [0.1, 0.15) is 6.61 Å². The molecule has 0 saturated carbocycles. The van der Waals surface area contributed by atoms with Gasteiger partial charge in [-0.05, 0) is 47.3 Å². The summed E-state index contributed by atoms with van der Waals surface area (Å²) < 4.78 is 11.2. The first-order chi connectivity index (χ1) is 12.8. The standard InChI is InChI=1S/C19H17N3O3S/c1-24-18-11-14(4-5-17(18)25-13-16-3-2-10-26-16)12-21-22-19(23)15-6-8-20-9-7-15/h2-12H,13H2,1H3,(H,22,23)/b21-12-. The van der Waals surface area contributed by atoms with Gasteiger partial charge in [0.25, 0.3) is 5.91 Å². The first-order valence-electron chi connectivity index (χ1n) is 7.83. The highest BCUT2D eigenvalue weighted by molar-refractivity contribution is 7.09. The van der Waals surface area contributed by atoms with Crippen LogP contribution in [0, 0.1) is 0 Å². The first-order valence-corrected chi connectivity index (χ1v) is 8.71. The molecule has 1 N–H and O–H groups in total. The summed E-state index contributed by atoms with van der Waals surface area (Å²) >= 11 is 1.64. The summed E-state index contributed by atoms with van der Waals surface area (Å²) in [6.45, 7) is 0.490. The topological polar surface area (TPSA) is 72.8 Å². The highest BCUT2D eigenvalue weighted by atomic mass is 32.1. The van der Waals surface area contributed by atoms with Crippen molar-refractivity contribution in [2.24, 2.45) is 5.10 Å². The van der Waals surface area contributed by atoms with Crippen LogP contribution in [0.3, 0.4) is 0 Å². The lowest BCUT2D eigenvalue weighted by atomic mass is 10.2. The van der Waals surface area contributed by atoms with E-state index in [0.29, 0.717) is 23.7 Å². The molecule has 0 aliphatic heterocycles. The Labute approximate surface area is 155 Å². The smallest absolute Gasteiger partial charge is 0.271 e. The first kappa shape index (κ1) is 17.6. The summed E-state index contributed by atoms with van der Waals surface area (Å²) in [5.41, 5.74) is 3.75. The Kier molecular flexibility index (Phi) is 5.95.